The molecular formula is C11H12N2O2S. The Balaban J connectivity index is 2.51. The highest BCUT2D eigenvalue weighted by Crippen LogP contribution is 2.28. The zero-order valence-electron chi connectivity index (χ0n) is 9.02. The summed E-state index contributed by atoms with van der Waals surface area (Å²) in [4.78, 5) is 10.9. The highest BCUT2D eigenvalue weighted by atomic mass is 32.1. The van der Waals surface area contributed by atoms with Gasteiger partial charge in [-0.1, -0.05) is 0 Å². The van der Waals surface area contributed by atoms with Crippen LogP contribution in [0.1, 0.15) is 24.2 Å². The second-order valence-corrected chi connectivity index (χ2v) is 4.65. The Kier molecular flexibility index (Phi) is 2.78. The van der Waals surface area contributed by atoms with E-state index >= 15 is 0 Å². The fourth-order valence-electron chi connectivity index (χ4n) is 1.45. The first-order valence-electron chi connectivity index (χ1n) is 4.97. The Morgan fingerprint density at radius 1 is 1.50 bits per heavy atom. The number of anilines is 1. The van der Waals surface area contributed by atoms with Gasteiger partial charge in [-0.2, -0.15) is 4.37 Å². The summed E-state index contributed by atoms with van der Waals surface area (Å²) in [5.41, 5.74) is 0.291. The largest absolute Gasteiger partial charge is 0.478 e. The molecule has 0 radical (unpaired) electrons. The van der Waals surface area contributed by atoms with Gasteiger partial charge in [0.25, 0.3) is 0 Å². The van der Waals surface area contributed by atoms with E-state index in [4.69, 9.17) is 5.11 Å². The Bertz CT molecular complexity index is 534. The van der Waals surface area contributed by atoms with Gasteiger partial charge in [-0.15, -0.1) is 0 Å². The number of nitrogens with zero attached hydrogens (tertiary/aromatic N) is 1. The van der Waals surface area contributed by atoms with Crippen molar-refractivity contribution in [2.75, 3.05) is 5.32 Å². The summed E-state index contributed by atoms with van der Waals surface area (Å²) >= 11 is 1.37. The number of benzene rings is 1. The molecule has 84 valence electrons. The molecule has 0 spiro atoms. The van der Waals surface area contributed by atoms with Crippen molar-refractivity contribution in [3.8, 4) is 0 Å². The predicted octanol–water partition coefficient (Wildman–Crippen LogP) is 2.81. The van der Waals surface area contributed by atoms with Crippen LogP contribution in [0.25, 0.3) is 10.1 Å². The van der Waals surface area contributed by atoms with Gasteiger partial charge in [-0.05, 0) is 43.6 Å². The van der Waals surface area contributed by atoms with Crippen LogP contribution in [-0.2, 0) is 0 Å². The lowest BCUT2D eigenvalue weighted by atomic mass is 10.1. The molecule has 1 aromatic carbocycles. The molecule has 0 aliphatic carbocycles. The van der Waals surface area contributed by atoms with Gasteiger partial charge >= 0.3 is 5.97 Å². The van der Waals surface area contributed by atoms with E-state index in [1.807, 2.05) is 13.8 Å². The number of rotatable bonds is 3. The zero-order chi connectivity index (χ0) is 11.7. The summed E-state index contributed by atoms with van der Waals surface area (Å²) < 4.78 is 5.27. The summed E-state index contributed by atoms with van der Waals surface area (Å²) in [6.45, 7) is 4.04. The van der Waals surface area contributed by atoms with Crippen LogP contribution in [0.2, 0.25) is 0 Å². The summed E-state index contributed by atoms with van der Waals surface area (Å²) in [5, 5.41) is 13.0. The topological polar surface area (TPSA) is 62.2 Å². The predicted molar refractivity (Wildman–Crippen MR) is 65.3 cm³/mol. The van der Waals surface area contributed by atoms with Crippen molar-refractivity contribution in [3.05, 3.63) is 23.8 Å². The Morgan fingerprint density at radius 3 is 2.88 bits per heavy atom. The molecule has 2 aromatic rings. The minimum Gasteiger partial charge on any atom is -0.478 e. The fraction of sp³-hybridized carbons (Fsp3) is 0.273. The molecule has 0 aliphatic heterocycles. The molecule has 0 saturated heterocycles. The lowest BCUT2D eigenvalue weighted by molar-refractivity contribution is 0.0697. The Hall–Kier alpha value is -1.62. The molecule has 16 heavy (non-hydrogen) atoms. The lowest BCUT2D eigenvalue weighted by Gasteiger charge is -2.06. The van der Waals surface area contributed by atoms with Crippen molar-refractivity contribution in [2.24, 2.45) is 0 Å². The molecule has 5 heteroatoms. The maximum Gasteiger partial charge on any atom is 0.335 e. The Morgan fingerprint density at radius 2 is 2.25 bits per heavy atom. The van der Waals surface area contributed by atoms with Crippen LogP contribution >= 0.6 is 11.5 Å². The minimum absolute atomic E-state index is 0.277. The lowest BCUT2D eigenvalue weighted by Crippen LogP contribution is -2.09. The van der Waals surface area contributed by atoms with Gasteiger partial charge in [0.15, 0.2) is 0 Å². The first-order valence-corrected chi connectivity index (χ1v) is 5.74. The van der Waals surface area contributed by atoms with Crippen LogP contribution < -0.4 is 5.32 Å². The van der Waals surface area contributed by atoms with Crippen LogP contribution in [-0.4, -0.2) is 21.5 Å². The summed E-state index contributed by atoms with van der Waals surface area (Å²) in [5.74, 6) is -0.151. The first kappa shape index (κ1) is 10.9. The molecular weight excluding hydrogens is 224 g/mol. The van der Waals surface area contributed by atoms with Crippen molar-refractivity contribution in [3.63, 3.8) is 0 Å². The normalized spacial score (nSPS) is 10.9. The summed E-state index contributed by atoms with van der Waals surface area (Å²) in [6, 6.07) is 5.33. The van der Waals surface area contributed by atoms with Crippen LogP contribution in [0.15, 0.2) is 18.2 Å². The van der Waals surface area contributed by atoms with Gasteiger partial charge in [0.05, 0.1) is 10.3 Å². The van der Waals surface area contributed by atoms with Crippen molar-refractivity contribution in [1.82, 2.24) is 4.37 Å². The van der Waals surface area contributed by atoms with Gasteiger partial charge in [0, 0.05) is 11.4 Å². The van der Waals surface area contributed by atoms with E-state index in [2.05, 4.69) is 9.69 Å². The number of fused-ring (bicyclic) bond motifs is 1. The molecule has 0 amide bonds. The van der Waals surface area contributed by atoms with Crippen molar-refractivity contribution >= 4 is 33.4 Å². The molecule has 1 heterocycles. The minimum atomic E-state index is -0.913. The number of carboxylic acid groups (broad SMARTS) is 1. The third-order valence-corrected chi connectivity index (χ3v) is 2.97. The fourth-order valence-corrected chi connectivity index (χ4v) is 2.17. The molecule has 0 fully saturated rings. The molecule has 2 N–H and O–H groups in total. The first-order chi connectivity index (χ1) is 7.58. The molecule has 0 unspecified atom stereocenters. The smallest absolute Gasteiger partial charge is 0.335 e. The molecule has 2 rings (SSSR count). The zero-order valence-corrected chi connectivity index (χ0v) is 9.84. The maximum absolute atomic E-state index is 10.9. The van der Waals surface area contributed by atoms with E-state index in [9.17, 15) is 4.79 Å². The third kappa shape index (κ3) is 1.99. The van der Waals surface area contributed by atoms with Crippen molar-refractivity contribution in [2.45, 2.75) is 19.9 Å². The van der Waals surface area contributed by atoms with Gasteiger partial charge in [0.1, 0.15) is 5.82 Å². The van der Waals surface area contributed by atoms with E-state index in [0.717, 1.165) is 15.9 Å². The average Bonchev–Trinajstić information content (AvgIpc) is 2.60. The molecule has 4 nitrogen and oxygen atoms in total. The van der Waals surface area contributed by atoms with E-state index in [1.165, 1.54) is 11.5 Å². The maximum atomic E-state index is 10.9. The number of aromatic nitrogens is 1. The quantitative estimate of drug-likeness (QED) is 0.860. The highest BCUT2D eigenvalue weighted by molar-refractivity contribution is 7.13. The molecule has 1 aromatic heterocycles. The Labute approximate surface area is 97.1 Å². The number of carbonyl (C=O) groups is 1. The van der Waals surface area contributed by atoms with Crippen LogP contribution in [0, 0.1) is 0 Å². The van der Waals surface area contributed by atoms with Gasteiger partial charge in [0.2, 0.25) is 0 Å². The van der Waals surface area contributed by atoms with Gasteiger partial charge in [-0.3, -0.25) is 0 Å². The second-order valence-electron chi connectivity index (χ2n) is 3.85. The van der Waals surface area contributed by atoms with E-state index in [0.29, 0.717) is 5.56 Å². The van der Waals surface area contributed by atoms with Crippen LogP contribution in [0.3, 0.4) is 0 Å². The van der Waals surface area contributed by atoms with Crippen molar-refractivity contribution in [1.29, 1.82) is 0 Å². The number of carboxylic acids is 1. The summed E-state index contributed by atoms with van der Waals surface area (Å²) in [6.07, 6.45) is 0. The number of hydrogen-bond acceptors (Lipinski definition) is 4. The SMILES string of the molecule is CC(C)Nc1nsc2ccc(C(=O)O)cc12. The number of hydrogen-bond donors (Lipinski definition) is 2. The number of nitrogens with one attached hydrogen (secondary N) is 1. The standard InChI is InChI=1S/C11H12N2O2S/c1-6(2)12-10-8-5-7(11(14)15)3-4-9(8)16-13-10/h3-6H,1-2H3,(H,12,13)(H,14,15). The summed E-state index contributed by atoms with van der Waals surface area (Å²) in [7, 11) is 0. The molecule has 0 bridgehead atoms. The monoisotopic (exact) mass is 236 g/mol. The molecule has 0 aliphatic rings. The average molecular weight is 236 g/mol. The highest BCUT2D eigenvalue weighted by Gasteiger charge is 2.10. The van der Waals surface area contributed by atoms with E-state index < -0.39 is 5.97 Å². The van der Waals surface area contributed by atoms with Gasteiger partial charge < -0.3 is 10.4 Å². The van der Waals surface area contributed by atoms with Gasteiger partial charge in [-0.25, -0.2) is 4.79 Å². The van der Waals surface area contributed by atoms with Crippen LogP contribution in [0.5, 0.6) is 0 Å². The third-order valence-electron chi connectivity index (χ3n) is 2.14. The second kappa shape index (κ2) is 4.09. The molecule has 0 atom stereocenters. The van der Waals surface area contributed by atoms with Crippen molar-refractivity contribution < 1.29 is 9.90 Å². The van der Waals surface area contributed by atoms with E-state index in [-0.39, 0.29) is 6.04 Å². The molecule has 0 saturated carbocycles. The van der Waals surface area contributed by atoms with E-state index in [1.54, 1.807) is 18.2 Å². The number of aromatic carboxylic acids is 1. The van der Waals surface area contributed by atoms with Crippen LogP contribution in [0.4, 0.5) is 5.82 Å².